The zero-order valence-electron chi connectivity index (χ0n) is 16.4. The summed E-state index contributed by atoms with van der Waals surface area (Å²) in [4.78, 5) is 16.8. The molecule has 2 aliphatic heterocycles. The van der Waals surface area contributed by atoms with Crippen molar-refractivity contribution >= 4 is 33.0 Å². The molecule has 2 unspecified atom stereocenters. The number of piperazine rings is 1. The Balaban J connectivity index is 1.56. The van der Waals surface area contributed by atoms with Gasteiger partial charge in [-0.3, -0.25) is 9.69 Å². The van der Waals surface area contributed by atoms with Crippen LogP contribution in [0.3, 0.4) is 0 Å². The second kappa shape index (κ2) is 8.09. The van der Waals surface area contributed by atoms with E-state index in [2.05, 4.69) is 6.92 Å². The van der Waals surface area contributed by atoms with Gasteiger partial charge >= 0.3 is 0 Å². The molecule has 2 aliphatic rings. The first kappa shape index (κ1) is 20.4. The van der Waals surface area contributed by atoms with E-state index < -0.39 is 9.84 Å². The number of nitrogens with zero attached hydrogens (tertiary/aromatic N) is 2. The van der Waals surface area contributed by atoms with Crippen LogP contribution in [-0.4, -0.2) is 55.9 Å². The van der Waals surface area contributed by atoms with Gasteiger partial charge in [-0.05, 0) is 48.2 Å². The minimum Gasteiger partial charge on any atom is -0.306 e. The van der Waals surface area contributed by atoms with Crippen LogP contribution in [0.25, 0.3) is 0 Å². The Hall–Kier alpha value is -1.89. The molecular formula is C22H25ClN2O3S. The summed E-state index contributed by atoms with van der Waals surface area (Å²) < 4.78 is 24.9. The number of carbonyl (C=O) groups excluding carboxylic acids is 1. The zero-order chi connectivity index (χ0) is 20.6. The topological polar surface area (TPSA) is 57.7 Å². The number of carbonyl (C=O) groups is 1. The predicted octanol–water partition coefficient (Wildman–Crippen LogP) is 2.96. The second-order valence-corrected chi connectivity index (χ2v) is 10.4. The minimum atomic E-state index is -3.18. The van der Waals surface area contributed by atoms with E-state index in [0.29, 0.717) is 11.6 Å². The molecule has 0 radical (unpaired) electrons. The summed E-state index contributed by atoms with van der Waals surface area (Å²) in [6.07, 6.45) is 1.67. The molecule has 2 atom stereocenters. The summed E-state index contributed by atoms with van der Waals surface area (Å²) in [5.41, 5.74) is 3.10. The smallest absolute Gasteiger partial charge is 0.241 e. The van der Waals surface area contributed by atoms with E-state index in [9.17, 15) is 13.2 Å². The highest BCUT2D eigenvalue weighted by Gasteiger charge is 2.49. The molecule has 7 heteroatoms. The highest BCUT2D eigenvalue weighted by atomic mass is 35.5. The fourth-order valence-electron chi connectivity index (χ4n) is 4.35. The highest BCUT2D eigenvalue weighted by molar-refractivity contribution is 7.91. The Kier molecular flexibility index (Phi) is 5.69. The third-order valence-electron chi connectivity index (χ3n) is 5.92. The van der Waals surface area contributed by atoms with Crippen LogP contribution < -0.4 is 4.90 Å². The number of amides is 1. The number of hydrogen-bond acceptors (Lipinski definition) is 4. The van der Waals surface area contributed by atoms with Gasteiger partial charge in [-0.25, -0.2) is 8.42 Å². The van der Waals surface area contributed by atoms with E-state index in [1.54, 1.807) is 4.90 Å². The van der Waals surface area contributed by atoms with Gasteiger partial charge in [0, 0.05) is 23.3 Å². The van der Waals surface area contributed by atoms with E-state index in [1.807, 2.05) is 53.4 Å². The molecule has 4 rings (SSSR count). The van der Waals surface area contributed by atoms with Crippen molar-refractivity contribution in [2.75, 3.05) is 29.5 Å². The molecule has 0 N–H and O–H groups in total. The van der Waals surface area contributed by atoms with Crippen LogP contribution >= 0.6 is 11.6 Å². The van der Waals surface area contributed by atoms with Crippen LogP contribution in [-0.2, 0) is 27.5 Å². The molecule has 2 saturated heterocycles. The number of halogens is 1. The molecule has 0 bridgehead atoms. The van der Waals surface area contributed by atoms with Gasteiger partial charge in [-0.1, -0.05) is 42.8 Å². The quantitative estimate of drug-likeness (QED) is 0.728. The van der Waals surface area contributed by atoms with Gasteiger partial charge in [-0.2, -0.15) is 0 Å². The van der Waals surface area contributed by atoms with E-state index in [4.69, 9.17) is 11.6 Å². The van der Waals surface area contributed by atoms with Crippen LogP contribution in [0.15, 0.2) is 48.5 Å². The van der Waals surface area contributed by atoms with E-state index in [1.165, 1.54) is 5.56 Å². The molecule has 0 saturated carbocycles. The Labute approximate surface area is 177 Å². The van der Waals surface area contributed by atoms with E-state index >= 15 is 0 Å². The Morgan fingerprint density at radius 1 is 0.966 bits per heavy atom. The Bertz CT molecular complexity index is 990. The van der Waals surface area contributed by atoms with Crippen LogP contribution in [0.5, 0.6) is 0 Å². The van der Waals surface area contributed by atoms with Crippen molar-refractivity contribution in [3.63, 3.8) is 0 Å². The molecule has 154 valence electrons. The third-order valence-corrected chi connectivity index (χ3v) is 7.88. The summed E-state index contributed by atoms with van der Waals surface area (Å²) in [6, 6.07) is 15.0. The second-order valence-electron chi connectivity index (χ2n) is 7.84. The monoisotopic (exact) mass is 432 g/mol. The highest BCUT2D eigenvalue weighted by Crippen LogP contribution is 2.32. The fourth-order valence-corrected chi connectivity index (χ4v) is 6.46. The van der Waals surface area contributed by atoms with Crippen molar-refractivity contribution in [1.82, 2.24) is 4.90 Å². The molecule has 2 aromatic carbocycles. The molecule has 0 aromatic heterocycles. The normalized spacial score (nSPS) is 23.9. The molecular weight excluding hydrogens is 408 g/mol. The van der Waals surface area contributed by atoms with E-state index in [0.717, 1.165) is 24.1 Å². The summed E-state index contributed by atoms with van der Waals surface area (Å²) in [6.45, 7) is 2.96. The molecule has 1 amide bonds. The number of rotatable bonds is 5. The lowest BCUT2D eigenvalue weighted by Gasteiger charge is -2.43. The van der Waals surface area contributed by atoms with Gasteiger partial charge in [0.25, 0.3) is 0 Å². The molecule has 29 heavy (non-hydrogen) atoms. The lowest BCUT2D eigenvalue weighted by atomic mass is 10.0. The molecule has 5 nitrogen and oxygen atoms in total. The van der Waals surface area contributed by atoms with Gasteiger partial charge in [0.1, 0.15) is 0 Å². The van der Waals surface area contributed by atoms with Gasteiger partial charge in [0.2, 0.25) is 5.91 Å². The van der Waals surface area contributed by atoms with Crippen LogP contribution in [0.2, 0.25) is 5.02 Å². The Morgan fingerprint density at radius 2 is 1.59 bits per heavy atom. The molecule has 0 aliphatic carbocycles. The molecule has 2 heterocycles. The van der Waals surface area contributed by atoms with Gasteiger partial charge in [0.05, 0.1) is 24.1 Å². The van der Waals surface area contributed by atoms with E-state index in [-0.39, 0.29) is 36.0 Å². The lowest BCUT2D eigenvalue weighted by molar-refractivity contribution is -0.123. The summed E-state index contributed by atoms with van der Waals surface area (Å²) >= 11 is 5.95. The number of anilines is 1. The summed E-state index contributed by atoms with van der Waals surface area (Å²) in [5.74, 6) is 0.0922. The van der Waals surface area contributed by atoms with Gasteiger partial charge < -0.3 is 4.90 Å². The van der Waals surface area contributed by atoms with Crippen LogP contribution in [0.1, 0.15) is 18.1 Å². The zero-order valence-corrected chi connectivity index (χ0v) is 18.0. The standard InChI is InChI=1S/C22H25ClN2O3S/c1-2-16-5-9-19(10-6-16)25-21-15-29(27,28)14-20(21)24(13-22(25)26)12-11-17-3-7-18(23)8-4-17/h3-10,20-21H,2,11-15H2,1H3. The number of aryl methyl sites for hydroxylation is 1. The number of benzene rings is 2. The summed E-state index contributed by atoms with van der Waals surface area (Å²) in [5, 5.41) is 0.689. The first-order chi connectivity index (χ1) is 13.9. The first-order valence-electron chi connectivity index (χ1n) is 9.96. The fraction of sp³-hybridized carbons (Fsp3) is 0.409. The third kappa shape index (κ3) is 4.34. The number of hydrogen-bond donors (Lipinski definition) is 0. The van der Waals surface area contributed by atoms with Crippen molar-refractivity contribution in [1.29, 1.82) is 0 Å². The minimum absolute atomic E-state index is 0.0242. The van der Waals surface area contributed by atoms with Crippen molar-refractivity contribution in [2.24, 2.45) is 0 Å². The molecule has 2 fully saturated rings. The van der Waals surface area contributed by atoms with Crippen molar-refractivity contribution in [3.05, 3.63) is 64.7 Å². The average Bonchev–Trinajstić information content (AvgIpc) is 3.02. The maximum absolute atomic E-state index is 13.0. The molecule has 2 aromatic rings. The van der Waals surface area contributed by atoms with Crippen molar-refractivity contribution < 1.29 is 13.2 Å². The van der Waals surface area contributed by atoms with Gasteiger partial charge in [-0.15, -0.1) is 0 Å². The largest absolute Gasteiger partial charge is 0.306 e. The van der Waals surface area contributed by atoms with Crippen LogP contribution in [0.4, 0.5) is 5.69 Å². The number of sulfone groups is 1. The molecule has 0 spiro atoms. The maximum atomic E-state index is 13.0. The Morgan fingerprint density at radius 3 is 2.24 bits per heavy atom. The van der Waals surface area contributed by atoms with Crippen molar-refractivity contribution in [3.8, 4) is 0 Å². The van der Waals surface area contributed by atoms with Gasteiger partial charge in [0.15, 0.2) is 9.84 Å². The SMILES string of the molecule is CCc1ccc(N2C(=O)CN(CCc3ccc(Cl)cc3)C3CS(=O)(=O)CC32)cc1. The average molecular weight is 433 g/mol. The first-order valence-corrected chi connectivity index (χ1v) is 12.2. The van der Waals surface area contributed by atoms with Crippen molar-refractivity contribution in [2.45, 2.75) is 31.8 Å². The lowest BCUT2D eigenvalue weighted by Crippen LogP contribution is -2.62. The summed E-state index contributed by atoms with van der Waals surface area (Å²) in [7, 11) is -3.18. The number of fused-ring (bicyclic) bond motifs is 1. The predicted molar refractivity (Wildman–Crippen MR) is 116 cm³/mol. The maximum Gasteiger partial charge on any atom is 0.241 e. The van der Waals surface area contributed by atoms with Crippen LogP contribution in [0, 0.1) is 0 Å².